The number of unbranched alkanes of at least 4 members (excludes halogenated alkanes) is 4. The molecule has 0 heterocycles. The number of rotatable bonds is 8. The Bertz CT molecular complexity index is 658. The Morgan fingerprint density at radius 1 is 1.19 bits per heavy atom. The smallest absolute Gasteiger partial charge is 0.123 e. The van der Waals surface area contributed by atoms with Crippen molar-refractivity contribution in [1.82, 2.24) is 0 Å². The summed E-state index contributed by atoms with van der Waals surface area (Å²) in [5.41, 5.74) is 3.90. The summed E-state index contributed by atoms with van der Waals surface area (Å²) < 4.78 is 0. The van der Waals surface area contributed by atoms with Gasteiger partial charge in [-0.15, -0.1) is 0 Å². The highest BCUT2D eigenvalue weighted by atomic mass is 16.3. The lowest BCUT2D eigenvalue weighted by Gasteiger charge is -2.31. The van der Waals surface area contributed by atoms with Crippen LogP contribution in [0.2, 0.25) is 0 Å². The molecule has 0 radical (unpaired) electrons. The highest BCUT2D eigenvalue weighted by Gasteiger charge is 2.29. The summed E-state index contributed by atoms with van der Waals surface area (Å²) in [6, 6.07) is 3.54. The molecule has 0 amide bonds. The van der Waals surface area contributed by atoms with E-state index in [9.17, 15) is 10.2 Å². The summed E-state index contributed by atoms with van der Waals surface area (Å²) in [6.07, 6.45) is 14.4. The number of phenolic OH excluding ortho intramolecular Hbond substituents is 2. The molecule has 0 saturated carbocycles. The average Bonchev–Trinajstić information content (AvgIpc) is 2.57. The predicted octanol–water partition coefficient (Wildman–Crippen LogP) is 7.10. The number of hydrogen-bond acceptors (Lipinski definition) is 2. The lowest BCUT2D eigenvalue weighted by molar-refractivity contribution is 0.407. The fraction of sp³-hybridized carbons (Fsp3) is 0.500. The van der Waals surface area contributed by atoms with Crippen LogP contribution in [-0.2, 0) is 0 Å². The molecule has 0 saturated heterocycles. The highest BCUT2D eigenvalue weighted by Crippen LogP contribution is 2.46. The second kappa shape index (κ2) is 9.66. The van der Waals surface area contributed by atoms with Crippen LogP contribution in [0.3, 0.4) is 0 Å². The molecular formula is C24H34O2. The molecule has 142 valence electrons. The molecule has 2 N–H and O–H groups in total. The number of allylic oxidation sites excluding steroid dienone is 4. The van der Waals surface area contributed by atoms with Crippen molar-refractivity contribution >= 4 is 6.08 Å². The SMILES string of the molecule is C=C(C)C1CCC(C)=C[C@H]1c1c(O)cc(/C=C/CCCCCC)cc1O. The van der Waals surface area contributed by atoms with Gasteiger partial charge in [0.2, 0.25) is 0 Å². The van der Waals surface area contributed by atoms with E-state index >= 15 is 0 Å². The standard InChI is InChI=1S/C24H34O2/c1-5-6-7-8-9-10-11-19-15-22(25)24(23(26)16-19)21-14-18(4)12-13-20(21)17(2)3/h10-11,14-16,20-21,25-26H,2,5-9,12-13H2,1,3-4H3/b11-10+/t20?,21-/m1/s1. The van der Waals surface area contributed by atoms with E-state index < -0.39 is 0 Å². The molecule has 0 fully saturated rings. The van der Waals surface area contributed by atoms with Gasteiger partial charge in [0, 0.05) is 11.5 Å². The summed E-state index contributed by atoms with van der Waals surface area (Å²) in [5, 5.41) is 21.3. The number of benzene rings is 1. The first-order chi connectivity index (χ1) is 12.4. The number of hydrogen-bond donors (Lipinski definition) is 2. The summed E-state index contributed by atoms with van der Waals surface area (Å²) in [7, 11) is 0. The summed E-state index contributed by atoms with van der Waals surface area (Å²) in [6.45, 7) is 10.5. The highest BCUT2D eigenvalue weighted by molar-refractivity contribution is 5.60. The van der Waals surface area contributed by atoms with Crippen LogP contribution >= 0.6 is 0 Å². The second-order valence-corrected chi connectivity index (χ2v) is 7.75. The maximum Gasteiger partial charge on any atom is 0.123 e. The fourth-order valence-corrected chi connectivity index (χ4v) is 3.90. The third-order valence-electron chi connectivity index (χ3n) is 5.41. The lowest BCUT2D eigenvalue weighted by Crippen LogP contribution is -2.17. The van der Waals surface area contributed by atoms with E-state index in [1.54, 1.807) is 12.1 Å². The van der Waals surface area contributed by atoms with Gasteiger partial charge < -0.3 is 10.2 Å². The maximum atomic E-state index is 10.6. The molecule has 1 aromatic rings. The van der Waals surface area contributed by atoms with E-state index in [0.717, 1.165) is 30.4 Å². The minimum absolute atomic E-state index is 0.00618. The van der Waals surface area contributed by atoms with Gasteiger partial charge in [0.25, 0.3) is 0 Å². The molecule has 0 aromatic heterocycles. The van der Waals surface area contributed by atoms with Gasteiger partial charge in [-0.1, -0.05) is 62.1 Å². The Balaban J connectivity index is 2.19. The van der Waals surface area contributed by atoms with E-state index in [-0.39, 0.29) is 23.3 Å². The van der Waals surface area contributed by atoms with Crippen molar-refractivity contribution in [2.45, 2.75) is 71.6 Å². The lowest BCUT2D eigenvalue weighted by atomic mass is 9.73. The molecule has 0 spiro atoms. The van der Waals surface area contributed by atoms with Gasteiger partial charge in [-0.2, -0.15) is 0 Å². The molecule has 0 bridgehead atoms. The Hall–Kier alpha value is -1.96. The molecule has 2 atom stereocenters. The molecule has 1 unspecified atom stereocenters. The van der Waals surface area contributed by atoms with Gasteiger partial charge in [-0.25, -0.2) is 0 Å². The van der Waals surface area contributed by atoms with E-state index in [4.69, 9.17) is 0 Å². The predicted molar refractivity (Wildman–Crippen MR) is 112 cm³/mol. The Morgan fingerprint density at radius 3 is 2.50 bits per heavy atom. The van der Waals surface area contributed by atoms with Gasteiger partial charge in [-0.05, 0) is 63.1 Å². The molecule has 26 heavy (non-hydrogen) atoms. The van der Waals surface area contributed by atoms with Crippen LogP contribution in [0.15, 0.2) is 42.0 Å². The van der Waals surface area contributed by atoms with E-state index in [1.165, 1.54) is 31.3 Å². The van der Waals surface area contributed by atoms with Crippen LogP contribution in [0.1, 0.15) is 82.8 Å². The average molecular weight is 355 g/mol. The van der Waals surface area contributed by atoms with Crippen molar-refractivity contribution in [3.8, 4) is 11.5 Å². The number of phenols is 2. The molecule has 0 aliphatic heterocycles. The molecule has 1 aromatic carbocycles. The Labute approximate surface area is 159 Å². The zero-order valence-electron chi connectivity index (χ0n) is 16.6. The van der Waals surface area contributed by atoms with Crippen molar-refractivity contribution in [3.63, 3.8) is 0 Å². The monoisotopic (exact) mass is 354 g/mol. The van der Waals surface area contributed by atoms with Crippen LogP contribution in [0.4, 0.5) is 0 Å². The third-order valence-corrected chi connectivity index (χ3v) is 5.41. The van der Waals surface area contributed by atoms with Crippen LogP contribution < -0.4 is 0 Å². The van der Waals surface area contributed by atoms with Gasteiger partial charge >= 0.3 is 0 Å². The summed E-state index contributed by atoms with van der Waals surface area (Å²) in [5.74, 6) is 0.611. The first-order valence-electron chi connectivity index (χ1n) is 9.99. The van der Waals surface area contributed by atoms with Crippen LogP contribution in [0.5, 0.6) is 11.5 Å². The van der Waals surface area contributed by atoms with Crippen LogP contribution in [0, 0.1) is 5.92 Å². The van der Waals surface area contributed by atoms with E-state index in [0.29, 0.717) is 5.56 Å². The Kier molecular flexibility index (Phi) is 7.56. The van der Waals surface area contributed by atoms with E-state index in [2.05, 4.69) is 32.6 Å². The zero-order chi connectivity index (χ0) is 19.1. The molecular weight excluding hydrogens is 320 g/mol. The van der Waals surface area contributed by atoms with Crippen molar-refractivity contribution in [1.29, 1.82) is 0 Å². The molecule has 2 nitrogen and oxygen atoms in total. The zero-order valence-corrected chi connectivity index (χ0v) is 16.6. The Morgan fingerprint density at radius 2 is 1.88 bits per heavy atom. The maximum absolute atomic E-state index is 10.6. The van der Waals surface area contributed by atoms with Gasteiger partial charge in [0.05, 0.1) is 0 Å². The van der Waals surface area contributed by atoms with Gasteiger partial charge in [0.15, 0.2) is 0 Å². The minimum Gasteiger partial charge on any atom is -0.507 e. The minimum atomic E-state index is -0.00618. The largest absolute Gasteiger partial charge is 0.507 e. The summed E-state index contributed by atoms with van der Waals surface area (Å²) in [4.78, 5) is 0. The van der Waals surface area contributed by atoms with E-state index in [1.807, 2.05) is 13.0 Å². The summed E-state index contributed by atoms with van der Waals surface area (Å²) >= 11 is 0. The van der Waals surface area contributed by atoms with Crippen molar-refractivity contribution in [3.05, 3.63) is 53.1 Å². The molecule has 1 aliphatic carbocycles. The first-order valence-corrected chi connectivity index (χ1v) is 9.99. The van der Waals surface area contributed by atoms with Crippen molar-refractivity contribution < 1.29 is 10.2 Å². The molecule has 2 heteroatoms. The number of aromatic hydroxyl groups is 2. The van der Waals surface area contributed by atoms with Crippen LogP contribution in [-0.4, -0.2) is 10.2 Å². The normalized spacial score (nSPS) is 20.3. The van der Waals surface area contributed by atoms with Crippen LogP contribution in [0.25, 0.3) is 6.08 Å². The molecule has 2 rings (SSSR count). The second-order valence-electron chi connectivity index (χ2n) is 7.75. The topological polar surface area (TPSA) is 40.5 Å². The van der Waals surface area contributed by atoms with Gasteiger partial charge in [-0.3, -0.25) is 0 Å². The quantitative estimate of drug-likeness (QED) is 0.386. The molecule has 1 aliphatic rings. The fourth-order valence-electron chi connectivity index (χ4n) is 3.90. The van der Waals surface area contributed by atoms with Crippen molar-refractivity contribution in [2.24, 2.45) is 5.92 Å². The van der Waals surface area contributed by atoms with Gasteiger partial charge in [0.1, 0.15) is 11.5 Å². The first kappa shape index (κ1) is 20.4. The van der Waals surface area contributed by atoms with Crippen molar-refractivity contribution in [2.75, 3.05) is 0 Å². The third kappa shape index (κ3) is 5.27.